The molecular weight excluding hydrogens is 242 g/mol. The van der Waals surface area contributed by atoms with Crippen LogP contribution in [0.1, 0.15) is 12.5 Å². The first-order valence-corrected chi connectivity index (χ1v) is 4.54. The summed E-state index contributed by atoms with van der Waals surface area (Å²) >= 11 is 0. The summed E-state index contributed by atoms with van der Waals surface area (Å²) in [4.78, 5) is 2.20. The smallest absolute Gasteiger partial charge is 0.160 e. The van der Waals surface area contributed by atoms with Crippen molar-refractivity contribution >= 4 is 22.7 Å². The van der Waals surface area contributed by atoms with E-state index in [4.69, 9.17) is 4.74 Å². The Morgan fingerprint density at radius 2 is 2.00 bits per heavy atom. The van der Waals surface area contributed by atoms with Crippen molar-refractivity contribution in [3.05, 3.63) is 42.2 Å². The Morgan fingerprint density at radius 1 is 1.29 bits per heavy atom. The van der Waals surface area contributed by atoms with Crippen LogP contribution in [0.5, 0.6) is 0 Å². The number of ether oxygens (including phenoxy) is 1. The van der Waals surface area contributed by atoms with Crippen LogP contribution in [-0.4, -0.2) is 18.2 Å². The summed E-state index contributed by atoms with van der Waals surface area (Å²) in [5.74, 6) is 0. The van der Waals surface area contributed by atoms with E-state index >= 15 is 0 Å². The van der Waals surface area contributed by atoms with Gasteiger partial charge >= 0.3 is 0 Å². The van der Waals surface area contributed by atoms with Crippen molar-refractivity contribution in [3.8, 4) is 0 Å². The SMILES string of the molecule is Br.CCN1COC=C1c1ccccc1. The Hall–Kier alpha value is -0.960. The molecular formula is C11H14BrNO. The van der Waals surface area contributed by atoms with Gasteiger partial charge in [-0.05, 0) is 6.92 Å². The fraction of sp³-hybridized carbons (Fsp3) is 0.273. The zero-order valence-electron chi connectivity index (χ0n) is 8.14. The van der Waals surface area contributed by atoms with Crippen molar-refractivity contribution in [2.24, 2.45) is 0 Å². The molecule has 0 spiro atoms. The van der Waals surface area contributed by atoms with Gasteiger partial charge in [-0.2, -0.15) is 0 Å². The van der Waals surface area contributed by atoms with Crippen molar-refractivity contribution in [1.29, 1.82) is 0 Å². The molecule has 76 valence electrons. The van der Waals surface area contributed by atoms with E-state index < -0.39 is 0 Å². The van der Waals surface area contributed by atoms with E-state index in [1.54, 1.807) is 0 Å². The Bertz CT molecular complexity index is 310. The number of hydrogen-bond acceptors (Lipinski definition) is 2. The number of rotatable bonds is 2. The fourth-order valence-corrected chi connectivity index (χ4v) is 1.47. The molecule has 0 N–H and O–H groups in total. The van der Waals surface area contributed by atoms with E-state index in [-0.39, 0.29) is 17.0 Å². The monoisotopic (exact) mass is 255 g/mol. The quantitative estimate of drug-likeness (QED) is 0.806. The number of benzene rings is 1. The van der Waals surface area contributed by atoms with Gasteiger partial charge in [0.25, 0.3) is 0 Å². The van der Waals surface area contributed by atoms with Gasteiger partial charge in [0.1, 0.15) is 6.26 Å². The normalized spacial score (nSPS) is 14.4. The van der Waals surface area contributed by atoms with Crippen molar-refractivity contribution < 1.29 is 4.74 Å². The van der Waals surface area contributed by atoms with Crippen molar-refractivity contribution in [2.75, 3.05) is 13.3 Å². The third kappa shape index (κ3) is 2.10. The average molecular weight is 256 g/mol. The first-order valence-electron chi connectivity index (χ1n) is 4.54. The highest BCUT2D eigenvalue weighted by atomic mass is 79.9. The minimum Gasteiger partial charge on any atom is -0.479 e. The van der Waals surface area contributed by atoms with Gasteiger partial charge in [-0.1, -0.05) is 30.3 Å². The highest BCUT2D eigenvalue weighted by Gasteiger charge is 2.15. The molecule has 0 aliphatic carbocycles. The maximum atomic E-state index is 5.28. The van der Waals surface area contributed by atoms with Crippen LogP contribution in [0, 0.1) is 0 Å². The standard InChI is InChI=1S/C11H13NO.BrH/c1-2-12-9-13-8-11(12)10-6-4-3-5-7-10;/h3-8H,2,9H2,1H3;1H. The van der Waals surface area contributed by atoms with Crippen LogP contribution in [0.4, 0.5) is 0 Å². The van der Waals surface area contributed by atoms with E-state index in [9.17, 15) is 0 Å². The summed E-state index contributed by atoms with van der Waals surface area (Å²) in [5.41, 5.74) is 2.41. The maximum absolute atomic E-state index is 5.28. The Kier molecular flexibility index (Phi) is 4.01. The lowest BCUT2D eigenvalue weighted by Crippen LogP contribution is -2.18. The molecule has 0 bridgehead atoms. The minimum absolute atomic E-state index is 0. The molecule has 0 amide bonds. The largest absolute Gasteiger partial charge is 0.479 e. The molecule has 0 fully saturated rings. The Balaban J connectivity index is 0.000000980. The molecule has 0 atom stereocenters. The van der Waals surface area contributed by atoms with Crippen LogP contribution < -0.4 is 0 Å². The molecule has 1 heterocycles. The zero-order chi connectivity index (χ0) is 9.10. The number of hydrogen-bond donors (Lipinski definition) is 0. The first kappa shape index (κ1) is 11.1. The molecule has 0 saturated heterocycles. The van der Waals surface area contributed by atoms with Crippen LogP contribution in [0.15, 0.2) is 36.6 Å². The molecule has 14 heavy (non-hydrogen) atoms. The topological polar surface area (TPSA) is 12.5 Å². The highest BCUT2D eigenvalue weighted by Crippen LogP contribution is 2.22. The minimum atomic E-state index is 0. The fourth-order valence-electron chi connectivity index (χ4n) is 1.47. The van der Waals surface area contributed by atoms with Crippen LogP contribution in [0.2, 0.25) is 0 Å². The molecule has 0 saturated carbocycles. The summed E-state index contributed by atoms with van der Waals surface area (Å²) in [6, 6.07) is 10.3. The predicted octanol–water partition coefficient (Wildman–Crippen LogP) is 2.87. The molecule has 1 aromatic carbocycles. The van der Waals surface area contributed by atoms with Crippen molar-refractivity contribution in [1.82, 2.24) is 4.90 Å². The third-order valence-electron chi connectivity index (χ3n) is 2.22. The van der Waals surface area contributed by atoms with Gasteiger partial charge in [0.2, 0.25) is 0 Å². The lowest BCUT2D eigenvalue weighted by Gasteiger charge is -2.17. The third-order valence-corrected chi connectivity index (χ3v) is 2.22. The molecule has 1 aromatic rings. The first-order chi connectivity index (χ1) is 6.42. The summed E-state index contributed by atoms with van der Waals surface area (Å²) in [7, 11) is 0. The second kappa shape index (κ2) is 5.05. The van der Waals surface area contributed by atoms with Crippen LogP contribution in [0.25, 0.3) is 5.70 Å². The molecule has 2 rings (SSSR count). The zero-order valence-corrected chi connectivity index (χ0v) is 9.86. The predicted molar refractivity (Wildman–Crippen MR) is 63.1 cm³/mol. The van der Waals surface area contributed by atoms with Crippen LogP contribution >= 0.6 is 17.0 Å². The molecule has 0 radical (unpaired) electrons. The van der Waals surface area contributed by atoms with Gasteiger partial charge in [0, 0.05) is 12.1 Å². The molecule has 1 aliphatic heterocycles. The van der Waals surface area contributed by atoms with Gasteiger partial charge in [0.15, 0.2) is 6.73 Å². The van der Waals surface area contributed by atoms with E-state index in [1.807, 2.05) is 24.5 Å². The Morgan fingerprint density at radius 3 is 2.64 bits per heavy atom. The lowest BCUT2D eigenvalue weighted by molar-refractivity contribution is 0.179. The van der Waals surface area contributed by atoms with Gasteiger partial charge in [-0.15, -0.1) is 17.0 Å². The summed E-state index contributed by atoms with van der Waals surface area (Å²) in [5, 5.41) is 0. The molecule has 1 aliphatic rings. The van der Waals surface area contributed by atoms with Crippen molar-refractivity contribution in [3.63, 3.8) is 0 Å². The Labute approximate surface area is 94.9 Å². The molecule has 0 aromatic heterocycles. The lowest BCUT2D eigenvalue weighted by atomic mass is 10.1. The molecule has 2 nitrogen and oxygen atoms in total. The van der Waals surface area contributed by atoms with Gasteiger partial charge in [-0.25, -0.2) is 0 Å². The number of nitrogens with zero attached hydrogens (tertiary/aromatic N) is 1. The van der Waals surface area contributed by atoms with Crippen molar-refractivity contribution in [2.45, 2.75) is 6.92 Å². The second-order valence-corrected chi connectivity index (χ2v) is 3.02. The summed E-state index contributed by atoms with van der Waals surface area (Å²) in [6.07, 6.45) is 1.83. The molecule has 0 unspecified atom stereocenters. The highest BCUT2D eigenvalue weighted by molar-refractivity contribution is 8.93. The van der Waals surface area contributed by atoms with Gasteiger partial charge in [-0.3, -0.25) is 0 Å². The van der Waals surface area contributed by atoms with Crippen LogP contribution in [-0.2, 0) is 4.74 Å². The van der Waals surface area contributed by atoms with E-state index in [0.29, 0.717) is 6.73 Å². The number of halogens is 1. The summed E-state index contributed by atoms with van der Waals surface area (Å²) < 4.78 is 5.28. The van der Waals surface area contributed by atoms with E-state index in [1.165, 1.54) is 11.3 Å². The second-order valence-electron chi connectivity index (χ2n) is 3.02. The molecule has 3 heteroatoms. The van der Waals surface area contributed by atoms with E-state index in [2.05, 4.69) is 24.0 Å². The van der Waals surface area contributed by atoms with Crippen LogP contribution in [0.3, 0.4) is 0 Å². The average Bonchev–Trinajstić information content (AvgIpc) is 2.67. The van der Waals surface area contributed by atoms with E-state index in [0.717, 1.165) is 6.54 Å². The van der Waals surface area contributed by atoms with Gasteiger partial charge in [0.05, 0.1) is 5.70 Å². The maximum Gasteiger partial charge on any atom is 0.160 e. The van der Waals surface area contributed by atoms with Gasteiger partial charge < -0.3 is 9.64 Å². The summed E-state index contributed by atoms with van der Waals surface area (Å²) in [6.45, 7) is 3.80.